The van der Waals surface area contributed by atoms with Gasteiger partial charge in [0, 0.05) is 19.5 Å². The van der Waals surface area contributed by atoms with Gasteiger partial charge in [0.15, 0.2) is 0 Å². The summed E-state index contributed by atoms with van der Waals surface area (Å²) < 4.78 is 6.09. The van der Waals surface area contributed by atoms with Crippen LogP contribution in [0.5, 0.6) is 5.75 Å². The van der Waals surface area contributed by atoms with E-state index < -0.39 is 17.6 Å². The molecule has 40 heavy (non-hydrogen) atoms. The third-order valence-corrected chi connectivity index (χ3v) is 7.83. The Kier molecular flexibility index (Phi) is 10.6. The highest BCUT2D eigenvalue weighted by Crippen LogP contribution is 2.30. The van der Waals surface area contributed by atoms with Crippen molar-refractivity contribution >= 4 is 17.7 Å². The number of aryl methyl sites for hydroxylation is 1. The largest absolute Gasteiger partial charge is 0.492 e. The number of nitrogens with one attached hydrogen (secondary N) is 4. The van der Waals surface area contributed by atoms with E-state index in [4.69, 9.17) is 4.74 Å². The quantitative estimate of drug-likeness (QED) is 0.469. The topological polar surface area (TPSA) is 109 Å². The molecule has 4 N–H and O–H groups in total. The molecule has 2 aromatic carbocycles. The number of rotatable bonds is 4. The zero-order valence-corrected chi connectivity index (χ0v) is 23.8. The third kappa shape index (κ3) is 8.07. The molecule has 1 fully saturated rings. The molecule has 0 unspecified atom stereocenters. The van der Waals surface area contributed by atoms with Gasteiger partial charge in [-0.3, -0.25) is 14.4 Å². The molecule has 0 bridgehead atoms. The molecule has 2 aliphatic rings. The molecule has 0 radical (unpaired) electrons. The van der Waals surface area contributed by atoms with Crippen molar-refractivity contribution in [3.63, 3.8) is 0 Å². The van der Waals surface area contributed by atoms with Crippen molar-refractivity contribution in [2.24, 2.45) is 5.92 Å². The lowest BCUT2D eigenvalue weighted by molar-refractivity contribution is -0.136. The normalized spacial score (nSPS) is 22.8. The molecular formula is C32H44N4O4. The molecule has 216 valence electrons. The van der Waals surface area contributed by atoms with Gasteiger partial charge in [0.05, 0.1) is 6.04 Å². The first-order valence-electron chi connectivity index (χ1n) is 14.7. The SMILES string of the molecule is CC(C)C[C@@H]1NCCOc2ccccc2CCCNC(=O)[C@@H](Cc2ccccc2)NC(=O)C2(CCCC2)NC1=O. The van der Waals surface area contributed by atoms with Crippen LogP contribution in [0.1, 0.15) is 63.5 Å². The van der Waals surface area contributed by atoms with Crippen molar-refractivity contribution < 1.29 is 19.1 Å². The number of hydrogen-bond acceptors (Lipinski definition) is 5. The van der Waals surface area contributed by atoms with Gasteiger partial charge in [-0.05, 0) is 55.2 Å². The van der Waals surface area contributed by atoms with Gasteiger partial charge in [0.2, 0.25) is 17.7 Å². The Balaban J connectivity index is 1.59. The van der Waals surface area contributed by atoms with Crippen molar-refractivity contribution in [1.29, 1.82) is 0 Å². The summed E-state index contributed by atoms with van der Waals surface area (Å²) in [5.74, 6) is 0.421. The molecule has 8 nitrogen and oxygen atoms in total. The summed E-state index contributed by atoms with van der Waals surface area (Å²) in [5, 5.41) is 12.6. The monoisotopic (exact) mass is 548 g/mol. The first kappa shape index (κ1) is 29.6. The van der Waals surface area contributed by atoms with E-state index >= 15 is 0 Å². The zero-order valence-electron chi connectivity index (χ0n) is 23.8. The van der Waals surface area contributed by atoms with Crippen LogP contribution in [0, 0.1) is 5.92 Å². The predicted octanol–water partition coefficient (Wildman–Crippen LogP) is 3.29. The number of carbonyl (C=O) groups excluding carboxylic acids is 3. The van der Waals surface area contributed by atoms with Gasteiger partial charge in [-0.15, -0.1) is 0 Å². The van der Waals surface area contributed by atoms with Crippen LogP contribution in [0.25, 0.3) is 0 Å². The smallest absolute Gasteiger partial charge is 0.246 e. The van der Waals surface area contributed by atoms with E-state index in [1.165, 1.54) is 0 Å². The summed E-state index contributed by atoms with van der Waals surface area (Å²) in [6, 6.07) is 16.4. The highest BCUT2D eigenvalue weighted by atomic mass is 16.5. The van der Waals surface area contributed by atoms with E-state index in [0.29, 0.717) is 45.4 Å². The fraction of sp³-hybridized carbons (Fsp3) is 0.531. The predicted molar refractivity (Wildman–Crippen MR) is 156 cm³/mol. The fourth-order valence-corrected chi connectivity index (χ4v) is 5.68. The first-order valence-corrected chi connectivity index (χ1v) is 14.7. The van der Waals surface area contributed by atoms with Crippen LogP contribution in [0.4, 0.5) is 0 Å². The van der Waals surface area contributed by atoms with E-state index in [1.54, 1.807) is 0 Å². The van der Waals surface area contributed by atoms with Gasteiger partial charge >= 0.3 is 0 Å². The minimum absolute atomic E-state index is 0.184. The van der Waals surface area contributed by atoms with Crippen molar-refractivity contribution in [2.45, 2.75) is 82.8 Å². The van der Waals surface area contributed by atoms with Gasteiger partial charge in [-0.1, -0.05) is 75.2 Å². The average molecular weight is 549 g/mol. The van der Waals surface area contributed by atoms with Crippen molar-refractivity contribution in [2.75, 3.05) is 19.7 Å². The second kappa shape index (κ2) is 14.3. The van der Waals surface area contributed by atoms with Crippen molar-refractivity contribution in [3.05, 3.63) is 65.7 Å². The van der Waals surface area contributed by atoms with E-state index in [9.17, 15) is 14.4 Å². The second-order valence-electron chi connectivity index (χ2n) is 11.5. The van der Waals surface area contributed by atoms with E-state index in [-0.39, 0.29) is 23.6 Å². The highest BCUT2D eigenvalue weighted by molar-refractivity contribution is 5.96. The lowest BCUT2D eigenvalue weighted by Gasteiger charge is -2.33. The van der Waals surface area contributed by atoms with E-state index in [1.807, 2.05) is 54.6 Å². The molecule has 3 amide bonds. The summed E-state index contributed by atoms with van der Waals surface area (Å²) in [7, 11) is 0. The van der Waals surface area contributed by atoms with Crippen LogP contribution in [0.3, 0.4) is 0 Å². The fourth-order valence-electron chi connectivity index (χ4n) is 5.68. The Labute approximate surface area is 238 Å². The van der Waals surface area contributed by atoms with Crippen LogP contribution < -0.4 is 26.0 Å². The maximum absolute atomic E-state index is 13.8. The molecule has 0 saturated heterocycles. The number of amides is 3. The Morgan fingerprint density at radius 1 is 0.875 bits per heavy atom. The Morgan fingerprint density at radius 3 is 2.35 bits per heavy atom. The number of para-hydroxylation sites is 1. The summed E-state index contributed by atoms with van der Waals surface area (Å²) in [6.07, 6.45) is 5.30. The van der Waals surface area contributed by atoms with E-state index in [0.717, 1.165) is 42.6 Å². The molecule has 1 spiro atoms. The van der Waals surface area contributed by atoms with Crippen LogP contribution >= 0.6 is 0 Å². The molecule has 8 heteroatoms. The number of carbonyl (C=O) groups is 3. The van der Waals surface area contributed by atoms with E-state index in [2.05, 4.69) is 35.1 Å². The van der Waals surface area contributed by atoms with Crippen molar-refractivity contribution in [1.82, 2.24) is 21.3 Å². The van der Waals surface area contributed by atoms with Crippen molar-refractivity contribution in [3.8, 4) is 5.75 Å². The summed E-state index contributed by atoms with van der Waals surface area (Å²) in [6.45, 7) is 5.57. The maximum atomic E-state index is 13.8. The maximum Gasteiger partial charge on any atom is 0.246 e. The summed E-state index contributed by atoms with van der Waals surface area (Å²) in [4.78, 5) is 40.9. The molecule has 0 aromatic heterocycles. The van der Waals surface area contributed by atoms with Crippen LogP contribution in [-0.4, -0.2) is 55.0 Å². The molecule has 1 aliphatic heterocycles. The second-order valence-corrected chi connectivity index (χ2v) is 11.5. The lowest BCUT2D eigenvalue weighted by Crippen LogP contribution is -2.63. The number of ether oxygens (including phenoxy) is 1. The van der Waals surface area contributed by atoms with Gasteiger partial charge in [-0.2, -0.15) is 0 Å². The molecule has 1 saturated carbocycles. The minimum Gasteiger partial charge on any atom is -0.492 e. The third-order valence-electron chi connectivity index (χ3n) is 7.83. The van der Waals surface area contributed by atoms with Gasteiger partial charge in [0.1, 0.15) is 23.9 Å². The van der Waals surface area contributed by atoms with Crippen LogP contribution in [-0.2, 0) is 27.2 Å². The average Bonchev–Trinajstić information content (AvgIpc) is 3.42. The zero-order chi connectivity index (χ0) is 28.4. The number of benzene rings is 2. The number of hydrogen-bond donors (Lipinski definition) is 4. The van der Waals surface area contributed by atoms with Crippen LogP contribution in [0.2, 0.25) is 0 Å². The minimum atomic E-state index is -1.02. The lowest BCUT2D eigenvalue weighted by atomic mass is 9.93. The molecule has 1 heterocycles. The molecule has 2 aromatic rings. The molecule has 4 rings (SSSR count). The first-order chi connectivity index (χ1) is 19.4. The van der Waals surface area contributed by atoms with Gasteiger partial charge in [0.25, 0.3) is 0 Å². The van der Waals surface area contributed by atoms with Crippen LogP contribution in [0.15, 0.2) is 54.6 Å². The molecule has 1 aliphatic carbocycles. The Morgan fingerprint density at radius 2 is 1.60 bits per heavy atom. The highest BCUT2D eigenvalue weighted by Gasteiger charge is 2.44. The molecule has 2 atom stereocenters. The van der Waals surface area contributed by atoms with Gasteiger partial charge in [-0.25, -0.2) is 0 Å². The standard InChI is InChI=1S/C32H44N4O4/c1-23(2)21-26-30(38)36-32(16-8-9-17-32)31(39)35-27(22-24-11-4-3-5-12-24)29(37)34-18-10-14-25-13-6-7-15-28(25)40-20-19-33-26/h3-7,11-13,15,23,26-27,33H,8-10,14,16-22H2,1-2H3,(H,34,37)(H,35,39)(H,36,38)/t26-,27+/m0/s1. The number of fused-ring (bicyclic) bond motifs is 1. The Bertz CT molecular complexity index is 1130. The summed E-state index contributed by atoms with van der Waals surface area (Å²) in [5.41, 5.74) is 1.01. The van der Waals surface area contributed by atoms with Gasteiger partial charge < -0.3 is 26.0 Å². The summed E-state index contributed by atoms with van der Waals surface area (Å²) >= 11 is 0. The Hall–Kier alpha value is -3.39. The molecular weight excluding hydrogens is 504 g/mol.